The second kappa shape index (κ2) is 13.4. The van der Waals surface area contributed by atoms with Gasteiger partial charge in [-0.3, -0.25) is 9.97 Å². The molecule has 0 N–H and O–H groups in total. The third-order valence-electron chi connectivity index (χ3n) is 6.97. The molecule has 0 unspecified atom stereocenters. The molecule has 0 amide bonds. The van der Waals surface area contributed by atoms with E-state index in [1.54, 1.807) is 12.4 Å². The molecule has 2 aromatic carbocycles. The predicted octanol–water partition coefficient (Wildman–Crippen LogP) is 7.44. The van der Waals surface area contributed by atoms with Gasteiger partial charge in [0.05, 0.1) is 11.6 Å². The number of rotatable bonds is 2. The fourth-order valence-electron chi connectivity index (χ4n) is 4.49. The maximum atomic E-state index is 4.62. The quantitative estimate of drug-likeness (QED) is 0.189. The van der Waals surface area contributed by atoms with Gasteiger partial charge in [-0.05, 0) is 44.9 Å². The third kappa shape index (κ3) is 8.00. The van der Waals surface area contributed by atoms with E-state index in [1.165, 1.54) is 11.1 Å². The second-order valence-corrected chi connectivity index (χ2v) is 12.2. The molecule has 0 aliphatic rings. The van der Waals surface area contributed by atoms with Gasteiger partial charge in [-0.2, -0.15) is 0 Å². The predicted molar refractivity (Wildman–Crippen MR) is 171 cm³/mol. The Hall–Kier alpha value is -4.22. The van der Waals surface area contributed by atoms with Crippen LogP contribution in [0, 0.1) is 0 Å². The molecule has 6 nitrogen and oxygen atoms in total. The van der Waals surface area contributed by atoms with E-state index in [1.807, 2.05) is 85.2 Å². The molecule has 4 heterocycles. The molecular weight excluding hydrogens is 582 g/mol. The van der Waals surface area contributed by atoms with Gasteiger partial charge in [0.1, 0.15) is 0 Å². The summed E-state index contributed by atoms with van der Waals surface area (Å²) in [4.78, 5) is 26.7. The standard InChI is InChI=1S/2C18H18N3.Zn/c2*1-18(2,3)14-9-11-19-16(12-14)21-17-15-7-5-4-6-13(15)8-10-20-17;/h2*4-12H,1-3H3;/q2*-1;+2. The summed E-state index contributed by atoms with van der Waals surface area (Å²) in [5.74, 6) is 1.43. The van der Waals surface area contributed by atoms with Gasteiger partial charge in [-0.1, -0.05) is 138 Å². The minimum Gasteiger partial charge on any atom is -0.443 e. The van der Waals surface area contributed by atoms with Crippen LogP contribution in [-0.4, -0.2) is 9.97 Å². The number of nitrogens with zero attached hydrogens (tertiary/aromatic N) is 6. The zero-order valence-corrected chi connectivity index (χ0v) is 28.7. The molecule has 43 heavy (non-hydrogen) atoms. The van der Waals surface area contributed by atoms with E-state index in [2.05, 4.69) is 83.6 Å². The van der Waals surface area contributed by atoms with Crippen LogP contribution in [0.15, 0.2) is 120 Å². The molecule has 212 valence electrons. The fourth-order valence-corrected chi connectivity index (χ4v) is 4.49. The maximum Gasteiger partial charge on any atom is 2.00 e. The number of hydrogen-bond donors (Lipinski definition) is 0. The molecule has 6 aromatic rings. The number of pyridine rings is 4. The second-order valence-electron chi connectivity index (χ2n) is 12.2. The maximum absolute atomic E-state index is 4.62. The summed E-state index contributed by atoms with van der Waals surface area (Å²) in [6, 6.07) is 28.4. The first kappa shape index (κ1) is 31.7. The Balaban J connectivity index is 0.000000192. The average molecular weight is 618 g/mol. The Kier molecular flexibility index (Phi) is 9.88. The summed E-state index contributed by atoms with van der Waals surface area (Å²) >= 11 is 0. The molecule has 7 heteroatoms. The van der Waals surface area contributed by atoms with Gasteiger partial charge in [0.15, 0.2) is 0 Å². The van der Waals surface area contributed by atoms with Crippen LogP contribution in [0.4, 0.5) is 11.6 Å². The molecule has 0 fully saturated rings. The first-order valence-corrected chi connectivity index (χ1v) is 14.1. The van der Waals surface area contributed by atoms with E-state index >= 15 is 0 Å². The normalized spacial score (nSPS) is 12.5. The van der Waals surface area contributed by atoms with Gasteiger partial charge < -0.3 is 20.0 Å². The Morgan fingerprint density at radius 2 is 0.930 bits per heavy atom. The summed E-state index contributed by atoms with van der Waals surface area (Å²) in [6.07, 6.45) is 7.19. The molecule has 0 saturated heterocycles. The topological polar surface area (TPSA) is 78.7 Å². The minimum atomic E-state index is 0. The van der Waals surface area contributed by atoms with Gasteiger partial charge in [-0.25, -0.2) is 0 Å². The molecule has 4 aromatic heterocycles. The summed E-state index contributed by atoms with van der Waals surface area (Å²) in [7, 11) is 0. The molecule has 0 aliphatic heterocycles. The average Bonchev–Trinajstić information content (AvgIpc) is 2.97. The number of aromatic nitrogens is 4. The Labute approximate surface area is 265 Å². The van der Waals surface area contributed by atoms with Crippen LogP contribution in [0.3, 0.4) is 0 Å². The van der Waals surface area contributed by atoms with Crippen molar-refractivity contribution in [2.24, 2.45) is 9.98 Å². The SMILES string of the molecule is CC(C)(C)c1cc[n-]c(=Nc2nccc3ccccc23)c1.CC(C)(C)c1cc[n-]c(=Nc2nccc3ccccc23)c1.[Zn+2]. The first-order chi connectivity index (χ1) is 20.1. The summed E-state index contributed by atoms with van der Waals surface area (Å²) in [5, 5.41) is 4.36. The van der Waals surface area contributed by atoms with E-state index in [-0.39, 0.29) is 30.3 Å². The third-order valence-corrected chi connectivity index (χ3v) is 6.97. The van der Waals surface area contributed by atoms with Crippen molar-refractivity contribution in [3.63, 3.8) is 0 Å². The molecule has 0 radical (unpaired) electrons. The molecule has 0 bridgehead atoms. The van der Waals surface area contributed by atoms with Crippen LogP contribution < -0.4 is 20.9 Å². The van der Waals surface area contributed by atoms with Crippen molar-refractivity contribution in [3.05, 3.63) is 132 Å². The van der Waals surface area contributed by atoms with Crippen molar-refractivity contribution in [2.75, 3.05) is 0 Å². The monoisotopic (exact) mass is 616 g/mol. The molecule has 0 atom stereocenters. The van der Waals surface area contributed by atoms with Crippen LogP contribution in [0.5, 0.6) is 0 Å². The van der Waals surface area contributed by atoms with Gasteiger partial charge >= 0.3 is 19.5 Å². The van der Waals surface area contributed by atoms with Crippen LogP contribution in [0.25, 0.3) is 21.5 Å². The van der Waals surface area contributed by atoms with E-state index in [4.69, 9.17) is 0 Å². The molecule has 0 aliphatic carbocycles. The fraction of sp³-hybridized carbons (Fsp3) is 0.222. The minimum absolute atomic E-state index is 0. The van der Waals surface area contributed by atoms with E-state index in [0.717, 1.165) is 21.5 Å². The van der Waals surface area contributed by atoms with Crippen molar-refractivity contribution >= 4 is 33.2 Å². The molecular formula is C36H36N6Zn. The largest absolute Gasteiger partial charge is 2.00 e. The van der Waals surface area contributed by atoms with Crippen molar-refractivity contribution in [1.82, 2.24) is 19.9 Å². The zero-order chi connectivity index (χ0) is 29.7. The molecule has 0 spiro atoms. The summed E-state index contributed by atoms with van der Waals surface area (Å²) in [6.45, 7) is 13.1. The van der Waals surface area contributed by atoms with E-state index in [9.17, 15) is 0 Å². The van der Waals surface area contributed by atoms with Crippen LogP contribution in [0.2, 0.25) is 0 Å². The Bertz CT molecular complexity index is 1820. The van der Waals surface area contributed by atoms with E-state index in [0.29, 0.717) is 22.6 Å². The van der Waals surface area contributed by atoms with Crippen molar-refractivity contribution in [3.8, 4) is 0 Å². The summed E-state index contributed by atoms with van der Waals surface area (Å²) in [5.41, 5.74) is 4.00. The number of benzene rings is 2. The van der Waals surface area contributed by atoms with Gasteiger partial charge in [0, 0.05) is 23.2 Å². The van der Waals surface area contributed by atoms with E-state index < -0.39 is 0 Å². The molecule has 0 saturated carbocycles. The summed E-state index contributed by atoms with van der Waals surface area (Å²) < 4.78 is 0. The van der Waals surface area contributed by atoms with Gasteiger partial charge in [0.25, 0.3) is 0 Å². The van der Waals surface area contributed by atoms with Crippen LogP contribution in [0.1, 0.15) is 52.7 Å². The van der Waals surface area contributed by atoms with Gasteiger partial charge in [-0.15, -0.1) is 0 Å². The zero-order valence-electron chi connectivity index (χ0n) is 25.8. The van der Waals surface area contributed by atoms with Crippen LogP contribution >= 0.6 is 0 Å². The van der Waals surface area contributed by atoms with Crippen molar-refractivity contribution < 1.29 is 19.5 Å². The van der Waals surface area contributed by atoms with Gasteiger partial charge in [0.2, 0.25) is 0 Å². The first-order valence-electron chi connectivity index (χ1n) is 14.1. The smallest absolute Gasteiger partial charge is 0.443 e. The number of fused-ring (bicyclic) bond motifs is 2. The van der Waals surface area contributed by atoms with Crippen molar-refractivity contribution in [2.45, 2.75) is 52.4 Å². The number of hydrogen-bond acceptors (Lipinski definition) is 4. The van der Waals surface area contributed by atoms with Crippen LogP contribution in [-0.2, 0) is 30.3 Å². The molecule has 6 rings (SSSR count). The van der Waals surface area contributed by atoms with Crippen molar-refractivity contribution in [1.29, 1.82) is 0 Å². The Morgan fingerprint density at radius 1 is 0.535 bits per heavy atom. The Morgan fingerprint density at radius 3 is 1.33 bits per heavy atom.